The van der Waals surface area contributed by atoms with Crippen molar-refractivity contribution in [3.8, 4) is 0 Å². The number of aliphatic hydroxyl groups excluding tert-OH is 1. The van der Waals surface area contributed by atoms with Crippen LogP contribution in [0.25, 0.3) is 0 Å². The minimum Gasteiger partial charge on any atom is -0.395 e. The molecule has 3 heteroatoms. The van der Waals surface area contributed by atoms with Crippen LogP contribution < -0.4 is 5.73 Å². The molecule has 94 valence electrons. The van der Waals surface area contributed by atoms with E-state index in [1.165, 1.54) is 25.7 Å². The smallest absolute Gasteiger partial charge is 0.0602 e. The van der Waals surface area contributed by atoms with Crippen molar-refractivity contribution in [1.82, 2.24) is 4.90 Å². The molecule has 2 fully saturated rings. The van der Waals surface area contributed by atoms with E-state index in [0.717, 1.165) is 6.54 Å². The van der Waals surface area contributed by atoms with Gasteiger partial charge in [-0.2, -0.15) is 0 Å². The second-order valence-corrected chi connectivity index (χ2v) is 5.86. The highest BCUT2D eigenvalue weighted by Crippen LogP contribution is 2.36. The molecule has 2 aliphatic rings. The number of hydrogen-bond acceptors (Lipinski definition) is 3. The van der Waals surface area contributed by atoms with E-state index < -0.39 is 0 Å². The third-order valence-corrected chi connectivity index (χ3v) is 4.34. The van der Waals surface area contributed by atoms with Gasteiger partial charge < -0.3 is 10.8 Å². The molecule has 1 heterocycles. The van der Waals surface area contributed by atoms with Crippen molar-refractivity contribution in [1.29, 1.82) is 0 Å². The van der Waals surface area contributed by atoms with Gasteiger partial charge in [0.15, 0.2) is 0 Å². The monoisotopic (exact) mass is 226 g/mol. The average molecular weight is 226 g/mol. The molecule has 16 heavy (non-hydrogen) atoms. The summed E-state index contributed by atoms with van der Waals surface area (Å²) >= 11 is 0. The quantitative estimate of drug-likeness (QED) is 0.741. The van der Waals surface area contributed by atoms with Crippen LogP contribution in [0.3, 0.4) is 0 Å². The molecule has 3 nitrogen and oxygen atoms in total. The van der Waals surface area contributed by atoms with E-state index in [0.29, 0.717) is 17.9 Å². The van der Waals surface area contributed by atoms with Gasteiger partial charge in [-0.25, -0.2) is 0 Å². The van der Waals surface area contributed by atoms with E-state index in [4.69, 9.17) is 5.73 Å². The van der Waals surface area contributed by atoms with Crippen molar-refractivity contribution in [2.75, 3.05) is 13.2 Å². The first-order valence-corrected chi connectivity index (χ1v) is 6.77. The van der Waals surface area contributed by atoms with Gasteiger partial charge in [-0.1, -0.05) is 13.8 Å². The molecule has 1 aliphatic carbocycles. The summed E-state index contributed by atoms with van der Waals surface area (Å²) in [4.78, 5) is 2.48. The first-order valence-electron chi connectivity index (χ1n) is 6.77. The van der Waals surface area contributed by atoms with Gasteiger partial charge in [-0.05, 0) is 44.1 Å². The van der Waals surface area contributed by atoms with Crippen LogP contribution in [0.1, 0.15) is 39.5 Å². The van der Waals surface area contributed by atoms with E-state index in [9.17, 15) is 5.11 Å². The number of aliphatic hydroxyl groups is 1. The van der Waals surface area contributed by atoms with E-state index in [2.05, 4.69) is 18.7 Å². The molecule has 0 radical (unpaired) electrons. The Labute approximate surface area is 99.0 Å². The Morgan fingerprint density at radius 2 is 2.00 bits per heavy atom. The topological polar surface area (TPSA) is 49.5 Å². The number of hydrogen-bond donors (Lipinski definition) is 2. The van der Waals surface area contributed by atoms with Crippen LogP contribution >= 0.6 is 0 Å². The summed E-state index contributed by atoms with van der Waals surface area (Å²) in [5, 5.41) is 9.61. The second-order valence-electron chi connectivity index (χ2n) is 5.86. The Hall–Kier alpha value is -0.120. The van der Waals surface area contributed by atoms with Crippen molar-refractivity contribution >= 4 is 0 Å². The molecular formula is C13H26N2O. The lowest BCUT2D eigenvalue weighted by molar-refractivity contribution is 0.0719. The van der Waals surface area contributed by atoms with Crippen molar-refractivity contribution < 1.29 is 5.11 Å². The Kier molecular flexibility index (Phi) is 3.88. The first kappa shape index (κ1) is 12.3. The minimum atomic E-state index is 0.185. The summed E-state index contributed by atoms with van der Waals surface area (Å²) in [5.74, 6) is 1.34. The summed E-state index contributed by atoms with van der Waals surface area (Å²) in [5.41, 5.74) is 6.27. The fraction of sp³-hybridized carbons (Fsp3) is 1.00. The summed E-state index contributed by atoms with van der Waals surface area (Å²) in [7, 11) is 0. The molecular weight excluding hydrogens is 200 g/mol. The van der Waals surface area contributed by atoms with E-state index >= 15 is 0 Å². The lowest BCUT2D eigenvalue weighted by atomic mass is 9.97. The lowest BCUT2D eigenvalue weighted by Gasteiger charge is -2.37. The largest absolute Gasteiger partial charge is 0.395 e. The Bertz CT molecular complexity index is 228. The van der Waals surface area contributed by atoms with Gasteiger partial charge in [0, 0.05) is 18.1 Å². The van der Waals surface area contributed by atoms with Gasteiger partial charge >= 0.3 is 0 Å². The molecule has 0 amide bonds. The van der Waals surface area contributed by atoms with Crippen LogP contribution in [0, 0.1) is 11.8 Å². The predicted octanol–water partition coefficient (Wildman–Crippen LogP) is 1.21. The van der Waals surface area contributed by atoms with Gasteiger partial charge in [0.25, 0.3) is 0 Å². The van der Waals surface area contributed by atoms with Crippen LogP contribution in [0.4, 0.5) is 0 Å². The van der Waals surface area contributed by atoms with Crippen LogP contribution in [0.15, 0.2) is 0 Å². The number of rotatable bonds is 5. The van der Waals surface area contributed by atoms with Gasteiger partial charge in [-0.15, -0.1) is 0 Å². The molecule has 1 aliphatic heterocycles. The number of nitrogens with two attached hydrogens (primary N) is 1. The highest BCUT2D eigenvalue weighted by Gasteiger charge is 2.40. The molecule has 3 N–H and O–H groups in total. The van der Waals surface area contributed by atoms with Crippen molar-refractivity contribution in [3.63, 3.8) is 0 Å². The maximum atomic E-state index is 9.61. The molecule has 0 aromatic carbocycles. The molecule has 2 rings (SSSR count). The predicted molar refractivity (Wildman–Crippen MR) is 66.1 cm³/mol. The maximum Gasteiger partial charge on any atom is 0.0602 e. The molecule has 0 bridgehead atoms. The zero-order chi connectivity index (χ0) is 11.7. The highest BCUT2D eigenvalue weighted by molar-refractivity contribution is 4.97. The van der Waals surface area contributed by atoms with E-state index in [-0.39, 0.29) is 18.7 Å². The number of likely N-dealkylation sites (tertiary alicyclic amines) is 1. The van der Waals surface area contributed by atoms with Crippen molar-refractivity contribution in [2.45, 2.75) is 57.7 Å². The molecule has 0 spiro atoms. The fourth-order valence-corrected chi connectivity index (χ4v) is 3.19. The summed E-state index contributed by atoms with van der Waals surface area (Å²) in [6, 6.07) is 1.01. The zero-order valence-electron chi connectivity index (χ0n) is 10.6. The van der Waals surface area contributed by atoms with Gasteiger partial charge in [0.2, 0.25) is 0 Å². The highest BCUT2D eigenvalue weighted by atomic mass is 16.3. The molecule has 3 unspecified atom stereocenters. The molecule has 1 saturated heterocycles. The third kappa shape index (κ3) is 2.41. The molecule has 3 atom stereocenters. The Balaban J connectivity index is 2.01. The molecule has 0 aromatic heterocycles. The number of nitrogens with zero attached hydrogens (tertiary/aromatic N) is 1. The average Bonchev–Trinajstić information content (AvgIpc) is 2.99. The van der Waals surface area contributed by atoms with Crippen molar-refractivity contribution in [3.05, 3.63) is 0 Å². The van der Waals surface area contributed by atoms with Crippen LogP contribution in [-0.4, -0.2) is 41.3 Å². The second kappa shape index (κ2) is 5.03. The molecule has 1 saturated carbocycles. The Morgan fingerprint density at radius 1 is 1.31 bits per heavy atom. The zero-order valence-corrected chi connectivity index (χ0v) is 10.6. The standard InChI is InChI=1S/C13H26N2O/c1-9(2)11-4-3-7-15(11)12(8-16)13(14)10-5-6-10/h9-13,16H,3-8,14H2,1-2H3. The molecule has 0 aromatic rings. The third-order valence-electron chi connectivity index (χ3n) is 4.34. The van der Waals surface area contributed by atoms with E-state index in [1.807, 2.05) is 0 Å². The van der Waals surface area contributed by atoms with Gasteiger partial charge in [0.1, 0.15) is 0 Å². The summed E-state index contributed by atoms with van der Waals surface area (Å²) in [6.07, 6.45) is 5.05. The SMILES string of the molecule is CC(C)C1CCCN1C(CO)C(N)C1CC1. The fourth-order valence-electron chi connectivity index (χ4n) is 3.19. The Morgan fingerprint density at radius 3 is 2.50 bits per heavy atom. The van der Waals surface area contributed by atoms with Crippen LogP contribution in [0.2, 0.25) is 0 Å². The minimum absolute atomic E-state index is 0.185. The summed E-state index contributed by atoms with van der Waals surface area (Å²) < 4.78 is 0. The lowest BCUT2D eigenvalue weighted by Crippen LogP contribution is -2.53. The summed E-state index contributed by atoms with van der Waals surface area (Å²) in [6.45, 7) is 5.90. The van der Waals surface area contributed by atoms with Gasteiger partial charge in [0.05, 0.1) is 6.61 Å². The van der Waals surface area contributed by atoms with Crippen LogP contribution in [0.5, 0.6) is 0 Å². The maximum absolute atomic E-state index is 9.61. The van der Waals surface area contributed by atoms with E-state index in [1.54, 1.807) is 0 Å². The van der Waals surface area contributed by atoms with Gasteiger partial charge in [-0.3, -0.25) is 4.90 Å². The first-order chi connectivity index (χ1) is 7.65. The van der Waals surface area contributed by atoms with Crippen LogP contribution in [-0.2, 0) is 0 Å². The normalized spacial score (nSPS) is 30.9. The van der Waals surface area contributed by atoms with Crippen molar-refractivity contribution in [2.24, 2.45) is 17.6 Å².